The van der Waals surface area contributed by atoms with Crippen LogP contribution in [0, 0.1) is 0 Å². The highest BCUT2D eigenvalue weighted by Crippen LogP contribution is 2.38. The number of thiophene rings is 1. The number of pyridine rings is 1. The second-order valence-corrected chi connectivity index (χ2v) is 8.04. The van der Waals surface area contributed by atoms with Crippen molar-refractivity contribution in [2.75, 3.05) is 14.2 Å². The van der Waals surface area contributed by atoms with Gasteiger partial charge in [-0.25, -0.2) is 10.4 Å². The highest BCUT2D eigenvalue weighted by atomic mass is 32.1. The van der Waals surface area contributed by atoms with Gasteiger partial charge in [-0.3, -0.25) is 9.59 Å². The normalized spacial score (nSPS) is 10.9. The lowest BCUT2D eigenvalue weighted by Crippen LogP contribution is -2.18. The number of rotatable bonds is 7. The third-order valence-electron chi connectivity index (χ3n) is 4.84. The molecule has 0 radical (unpaired) electrons. The lowest BCUT2D eigenvalue weighted by molar-refractivity contribution is -0.132. The Hall–Kier alpha value is -4.24. The van der Waals surface area contributed by atoms with Crippen molar-refractivity contribution in [3.05, 3.63) is 71.1 Å². The Morgan fingerprint density at radius 3 is 2.41 bits per heavy atom. The molecule has 0 aliphatic heterocycles. The Kier molecular flexibility index (Phi) is 6.84. The number of hydrogen-bond donors (Lipinski definition) is 1. The number of nitrogens with one attached hydrogen (secondary N) is 1. The van der Waals surface area contributed by atoms with E-state index < -0.39 is 5.97 Å². The zero-order valence-electron chi connectivity index (χ0n) is 18.7. The standard InChI is InChI=1S/C25H21N3O5S/c1-15(29)33-24-21(31-2)11-16(12-22(24)32-3)14-26-28-25(30)18-13-20(23-9-6-10-34-23)27-19-8-5-4-7-17(18)19/h4-14H,1-3H3,(H,28,30). The molecular weight excluding hydrogens is 454 g/mol. The fourth-order valence-corrected chi connectivity index (χ4v) is 4.04. The average molecular weight is 476 g/mol. The van der Waals surface area contributed by atoms with Gasteiger partial charge in [-0.1, -0.05) is 24.3 Å². The summed E-state index contributed by atoms with van der Waals surface area (Å²) in [6.45, 7) is 1.29. The maximum absolute atomic E-state index is 13.0. The number of fused-ring (bicyclic) bond motifs is 1. The van der Waals surface area contributed by atoms with Gasteiger partial charge in [0.2, 0.25) is 5.75 Å². The first-order chi connectivity index (χ1) is 16.5. The van der Waals surface area contributed by atoms with E-state index in [2.05, 4.69) is 15.5 Å². The zero-order valence-corrected chi connectivity index (χ0v) is 19.5. The van der Waals surface area contributed by atoms with Crippen molar-refractivity contribution < 1.29 is 23.8 Å². The summed E-state index contributed by atoms with van der Waals surface area (Å²) in [6, 6.07) is 16.4. The summed E-state index contributed by atoms with van der Waals surface area (Å²) in [7, 11) is 2.90. The van der Waals surface area contributed by atoms with Gasteiger partial charge >= 0.3 is 5.97 Å². The fraction of sp³-hybridized carbons (Fsp3) is 0.120. The van der Waals surface area contributed by atoms with Crippen molar-refractivity contribution in [3.63, 3.8) is 0 Å². The van der Waals surface area contributed by atoms with Crippen LogP contribution in [0.3, 0.4) is 0 Å². The van der Waals surface area contributed by atoms with Crippen LogP contribution >= 0.6 is 11.3 Å². The van der Waals surface area contributed by atoms with Gasteiger partial charge in [-0.05, 0) is 35.7 Å². The van der Waals surface area contributed by atoms with Gasteiger partial charge in [-0.2, -0.15) is 5.10 Å². The first-order valence-electron chi connectivity index (χ1n) is 10.2. The number of amides is 1. The van der Waals surface area contributed by atoms with Crippen molar-refractivity contribution in [1.29, 1.82) is 0 Å². The van der Waals surface area contributed by atoms with Crippen LogP contribution in [0.2, 0.25) is 0 Å². The van der Waals surface area contributed by atoms with Gasteiger partial charge in [0, 0.05) is 17.9 Å². The number of nitrogens with zero attached hydrogens (tertiary/aromatic N) is 2. The summed E-state index contributed by atoms with van der Waals surface area (Å²) in [5, 5.41) is 6.79. The molecule has 2 aromatic heterocycles. The summed E-state index contributed by atoms with van der Waals surface area (Å²) in [6.07, 6.45) is 1.45. The van der Waals surface area contributed by atoms with E-state index in [0.717, 1.165) is 21.5 Å². The molecule has 172 valence electrons. The molecule has 4 aromatic rings. The number of carbonyl (C=O) groups is 2. The van der Waals surface area contributed by atoms with E-state index in [0.29, 0.717) is 22.6 Å². The van der Waals surface area contributed by atoms with Crippen molar-refractivity contribution in [3.8, 4) is 27.8 Å². The van der Waals surface area contributed by atoms with Crippen LogP contribution in [-0.4, -0.2) is 37.3 Å². The molecule has 0 aliphatic carbocycles. The lowest BCUT2D eigenvalue weighted by Gasteiger charge is -2.13. The van der Waals surface area contributed by atoms with E-state index in [1.54, 1.807) is 29.5 Å². The van der Waals surface area contributed by atoms with Crippen LogP contribution in [0.15, 0.2) is 65.1 Å². The fourth-order valence-electron chi connectivity index (χ4n) is 3.36. The minimum atomic E-state index is -0.503. The summed E-state index contributed by atoms with van der Waals surface area (Å²) < 4.78 is 15.8. The number of benzene rings is 2. The van der Waals surface area contributed by atoms with E-state index in [-0.39, 0.29) is 11.7 Å². The Morgan fingerprint density at radius 1 is 1.03 bits per heavy atom. The predicted octanol–water partition coefficient (Wildman–Crippen LogP) is 4.67. The van der Waals surface area contributed by atoms with E-state index >= 15 is 0 Å². The minimum Gasteiger partial charge on any atom is -0.493 e. The van der Waals surface area contributed by atoms with E-state index in [1.165, 1.54) is 27.4 Å². The second kappa shape index (κ2) is 10.1. The average Bonchev–Trinajstić information content (AvgIpc) is 3.38. The number of hydrogen-bond acceptors (Lipinski definition) is 8. The highest BCUT2D eigenvalue weighted by Gasteiger charge is 2.16. The van der Waals surface area contributed by atoms with Crippen LogP contribution in [0.4, 0.5) is 0 Å². The summed E-state index contributed by atoms with van der Waals surface area (Å²) in [4.78, 5) is 30.1. The van der Waals surface area contributed by atoms with Gasteiger partial charge in [-0.15, -0.1) is 11.3 Å². The number of para-hydroxylation sites is 1. The molecule has 34 heavy (non-hydrogen) atoms. The minimum absolute atomic E-state index is 0.169. The quantitative estimate of drug-likeness (QED) is 0.181. The molecule has 0 unspecified atom stereocenters. The molecule has 0 bridgehead atoms. The predicted molar refractivity (Wildman–Crippen MR) is 131 cm³/mol. The van der Waals surface area contributed by atoms with Gasteiger partial charge in [0.05, 0.1) is 42.1 Å². The molecule has 0 saturated carbocycles. The van der Waals surface area contributed by atoms with Gasteiger partial charge < -0.3 is 14.2 Å². The maximum atomic E-state index is 13.0. The van der Waals surface area contributed by atoms with Crippen molar-refractivity contribution in [2.24, 2.45) is 5.10 Å². The van der Waals surface area contributed by atoms with Gasteiger partial charge in [0.25, 0.3) is 5.91 Å². The monoisotopic (exact) mass is 475 g/mol. The number of hydrazone groups is 1. The molecule has 0 saturated heterocycles. The van der Waals surface area contributed by atoms with Crippen LogP contribution < -0.4 is 19.6 Å². The molecular formula is C25H21N3O5S. The molecule has 2 heterocycles. The Balaban J connectivity index is 1.62. The maximum Gasteiger partial charge on any atom is 0.308 e. The molecule has 1 amide bonds. The SMILES string of the molecule is COc1cc(C=NNC(=O)c2cc(-c3cccs3)nc3ccccc23)cc(OC)c1OC(C)=O. The number of esters is 1. The zero-order chi connectivity index (χ0) is 24.1. The molecule has 2 aromatic carbocycles. The summed E-state index contributed by atoms with van der Waals surface area (Å²) in [5.74, 6) is -0.117. The third kappa shape index (κ3) is 4.89. The summed E-state index contributed by atoms with van der Waals surface area (Å²) in [5.41, 5.74) is 5.05. The first-order valence-corrected chi connectivity index (χ1v) is 11.1. The molecule has 0 spiro atoms. The van der Waals surface area contributed by atoms with Gasteiger partial charge in [0.15, 0.2) is 11.5 Å². The van der Waals surface area contributed by atoms with Crippen LogP contribution in [0.1, 0.15) is 22.8 Å². The van der Waals surface area contributed by atoms with Crippen LogP contribution in [0.25, 0.3) is 21.5 Å². The highest BCUT2D eigenvalue weighted by molar-refractivity contribution is 7.13. The molecule has 0 aliphatic rings. The number of carbonyl (C=O) groups excluding carboxylic acids is 2. The molecule has 9 heteroatoms. The van der Waals surface area contributed by atoms with Crippen LogP contribution in [0.5, 0.6) is 17.2 Å². The van der Waals surface area contributed by atoms with Crippen LogP contribution in [-0.2, 0) is 4.79 Å². The number of methoxy groups -OCH3 is 2. The van der Waals surface area contributed by atoms with Gasteiger partial charge in [0.1, 0.15) is 0 Å². The number of aromatic nitrogens is 1. The Bertz CT molecular complexity index is 1360. The van der Waals surface area contributed by atoms with Crippen molar-refractivity contribution >= 4 is 40.3 Å². The topological polar surface area (TPSA) is 99.1 Å². The summed E-state index contributed by atoms with van der Waals surface area (Å²) >= 11 is 1.55. The molecule has 1 N–H and O–H groups in total. The molecule has 8 nitrogen and oxygen atoms in total. The first kappa shape index (κ1) is 22.9. The Morgan fingerprint density at radius 2 is 1.76 bits per heavy atom. The van der Waals surface area contributed by atoms with Crippen molar-refractivity contribution in [2.45, 2.75) is 6.92 Å². The van der Waals surface area contributed by atoms with Crippen molar-refractivity contribution in [1.82, 2.24) is 10.4 Å². The smallest absolute Gasteiger partial charge is 0.308 e. The third-order valence-corrected chi connectivity index (χ3v) is 5.74. The van der Waals surface area contributed by atoms with E-state index in [1.807, 2.05) is 41.8 Å². The number of ether oxygens (including phenoxy) is 3. The molecule has 0 fully saturated rings. The lowest BCUT2D eigenvalue weighted by atomic mass is 10.1. The Labute approximate surface area is 199 Å². The van der Waals surface area contributed by atoms with E-state index in [9.17, 15) is 9.59 Å². The van der Waals surface area contributed by atoms with E-state index in [4.69, 9.17) is 14.2 Å². The largest absolute Gasteiger partial charge is 0.493 e. The molecule has 4 rings (SSSR count). The second-order valence-electron chi connectivity index (χ2n) is 7.10. The molecule has 0 atom stereocenters.